The number of imidazole rings is 1. The van der Waals surface area contributed by atoms with E-state index < -0.39 is 0 Å². The summed E-state index contributed by atoms with van der Waals surface area (Å²) in [6.07, 6.45) is 5.61. The van der Waals surface area contributed by atoms with Gasteiger partial charge in [0, 0.05) is 13.6 Å². The molecular formula is C22H27Cl2N5O2. The first-order valence-electron chi connectivity index (χ1n) is 10.3. The third kappa shape index (κ3) is 4.49. The molecule has 9 heteroatoms. The zero-order valence-corrected chi connectivity index (χ0v) is 19.5. The predicted octanol–water partition coefficient (Wildman–Crippen LogP) is 4.81. The van der Waals surface area contributed by atoms with Crippen molar-refractivity contribution in [1.82, 2.24) is 24.3 Å². The molecule has 0 N–H and O–H groups in total. The number of aromatic nitrogens is 3. The van der Waals surface area contributed by atoms with E-state index in [9.17, 15) is 4.79 Å². The van der Waals surface area contributed by atoms with Crippen LogP contribution in [0.15, 0.2) is 35.2 Å². The minimum absolute atomic E-state index is 0. The number of hydrogen-bond acceptors (Lipinski definition) is 5. The van der Waals surface area contributed by atoms with Crippen LogP contribution in [-0.4, -0.2) is 50.4 Å². The Morgan fingerprint density at radius 2 is 1.97 bits per heavy atom. The van der Waals surface area contributed by atoms with Crippen molar-refractivity contribution < 1.29 is 9.21 Å². The molecule has 0 aliphatic carbocycles. The normalized spacial score (nSPS) is 13.1. The number of fused-ring (bicyclic) bond motifs is 3. The van der Waals surface area contributed by atoms with Crippen molar-refractivity contribution in [3.8, 4) is 17.3 Å². The molecule has 1 aliphatic rings. The Morgan fingerprint density at radius 1 is 1.23 bits per heavy atom. The van der Waals surface area contributed by atoms with Crippen molar-refractivity contribution >= 4 is 29.9 Å². The fraction of sp³-hybridized carbons (Fsp3) is 0.409. The Bertz CT molecular complexity index is 1060. The summed E-state index contributed by atoms with van der Waals surface area (Å²) < 4.78 is 7.71. The van der Waals surface area contributed by atoms with Crippen molar-refractivity contribution in [3.05, 3.63) is 52.8 Å². The van der Waals surface area contributed by atoms with Gasteiger partial charge in [-0.05, 0) is 38.1 Å². The van der Waals surface area contributed by atoms with Gasteiger partial charge in [-0.25, -0.2) is 9.97 Å². The number of carbonyl (C=O) groups is 1. The van der Waals surface area contributed by atoms with Gasteiger partial charge in [-0.15, -0.1) is 12.4 Å². The first kappa shape index (κ1) is 23.3. The van der Waals surface area contributed by atoms with Gasteiger partial charge in [0.2, 0.25) is 5.89 Å². The second kappa shape index (κ2) is 9.85. The van der Waals surface area contributed by atoms with Crippen LogP contribution in [0.25, 0.3) is 17.3 Å². The number of hydrogen-bond donors (Lipinski definition) is 0. The van der Waals surface area contributed by atoms with Crippen molar-refractivity contribution in [3.63, 3.8) is 0 Å². The average molecular weight is 464 g/mol. The molecule has 1 amide bonds. The van der Waals surface area contributed by atoms with E-state index in [1.165, 1.54) is 0 Å². The number of benzene rings is 1. The molecule has 0 radical (unpaired) electrons. The molecule has 3 heterocycles. The molecule has 31 heavy (non-hydrogen) atoms. The van der Waals surface area contributed by atoms with Crippen LogP contribution in [0, 0.1) is 0 Å². The van der Waals surface area contributed by atoms with Gasteiger partial charge in [-0.2, -0.15) is 0 Å². The summed E-state index contributed by atoms with van der Waals surface area (Å²) in [6.45, 7) is 7.55. The Morgan fingerprint density at radius 3 is 2.68 bits per heavy atom. The lowest BCUT2D eigenvalue weighted by molar-refractivity contribution is 0.0788. The van der Waals surface area contributed by atoms with Gasteiger partial charge in [0.25, 0.3) is 5.91 Å². The van der Waals surface area contributed by atoms with E-state index in [1.54, 1.807) is 30.6 Å². The Balaban J connectivity index is 0.00000272. The zero-order valence-electron chi connectivity index (χ0n) is 18.0. The third-order valence-electron chi connectivity index (χ3n) is 5.28. The van der Waals surface area contributed by atoms with Crippen molar-refractivity contribution in [2.24, 2.45) is 0 Å². The van der Waals surface area contributed by atoms with Crippen LogP contribution < -0.4 is 0 Å². The van der Waals surface area contributed by atoms with E-state index in [4.69, 9.17) is 21.0 Å². The molecule has 0 unspecified atom stereocenters. The highest BCUT2D eigenvalue weighted by Gasteiger charge is 2.29. The lowest BCUT2D eigenvalue weighted by atomic mass is 10.1. The molecule has 3 aromatic rings. The molecule has 0 atom stereocenters. The summed E-state index contributed by atoms with van der Waals surface area (Å²) in [5.41, 5.74) is 3.57. The molecule has 0 saturated carbocycles. The van der Waals surface area contributed by atoms with Gasteiger partial charge < -0.3 is 9.32 Å². The highest BCUT2D eigenvalue weighted by molar-refractivity contribution is 6.34. The standard InChI is InChI=1S/C22H26ClN5O2.ClH/c1-4-9-27(10-5-2)11-15-13-30-21(25-15)20-18-12-26(3)22(29)19-16(23)7-6-8-17(19)28(18)14-24-20;/h6-8,13-14H,4-5,9-12H2,1-3H3;1H. The van der Waals surface area contributed by atoms with Gasteiger partial charge in [-0.3, -0.25) is 14.3 Å². The largest absolute Gasteiger partial charge is 0.443 e. The first-order chi connectivity index (χ1) is 14.5. The van der Waals surface area contributed by atoms with E-state index in [0.29, 0.717) is 28.7 Å². The second-order valence-electron chi connectivity index (χ2n) is 7.63. The Labute approximate surface area is 193 Å². The van der Waals surface area contributed by atoms with Crippen LogP contribution in [0.2, 0.25) is 5.02 Å². The maximum absolute atomic E-state index is 12.9. The number of halogens is 2. The molecule has 1 aromatic carbocycles. The highest BCUT2D eigenvalue weighted by atomic mass is 35.5. The maximum Gasteiger partial charge on any atom is 0.257 e. The van der Waals surface area contributed by atoms with Crippen LogP contribution in [0.1, 0.15) is 48.4 Å². The number of amides is 1. The van der Waals surface area contributed by atoms with E-state index in [0.717, 1.165) is 49.6 Å². The zero-order chi connectivity index (χ0) is 21.3. The molecule has 0 saturated heterocycles. The third-order valence-corrected chi connectivity index (χ3v) is 5.60. The lowest BCUT2D eigenvalue weighted by Gasteiger charge is -2.19. The van der Waals surface area contributed by atoms with E-state index in [2.05, 4.69) is 23.7 Å². The summed E-state index contributed by atoms with van der Waals surface area (Å²) in [4.78, 5) is 26.2. The summed E-state index contributed by atoms with van der Waals surface area (Å²) in [5, 5.41) is 0.429. The van der Waals surface area contributed by atoms with Crippen LogP contribution >= 0.6 is 24.0 Å². The van der Waals surface area contributed by atoms with Crippen LogP contribution in [0.5, 0.6) is 0 Å². The fourth-order valence-electron chi connectivity index (χ4n) is 3.94. The monoisotopic (exact) mass is 463 g/mol. The van der Waals surface area contributed by atoms with Gasteiger partial charge in [0.15, 0.2) is 0 Å². The molecule has 2 aromatic heterocycles. The number of rotatable bonds is 7. The molecule has 0 bridgehead atoms. The SMILES string of the molecule is CCCN(CCC)Cc1coc(-c2ncn3c2CN(C)C(=O)c2c(Cl)cccc2-3)n1.Cl. The fourth-order valence-corrected chi connectivity index (χ4v) is 4.19. The van der Waals surface area contributed by atoms with E-state index in [-0.39, 0.29) is 18.3 Å². The quantitative estimate of drug-likeness (QED) is 0.502. The summed E-state index contributed by atoms with van der Waals surface area (Å²) in [6, 6.07) is 5.44. The molecule has 166 valence electrons. The minimum Gasteiger partial charge on any atom is -0.443 e. The molecule has 7 nitrogen and oxygen atoms in total. The average Bonchev–Trinajstić information content (AvgIpc) is 3.32. The molecule has 4 rings (SSSR count). The van der Waals surface area contributed by atoms with Gasteiger partial charge >= 0.3 is 0 Å². The Hall–Kier alpha value is -2.35. The number of nitrogens with zero attached hydrogens (tertiary/aromatic N) is 5. The number of oxazole rings is 1. The Kier molecular flexibility index (Phi) is 7.41. The summed E-state index contributed by atoms with van der Waals surface area (Å²) in [5.74, 6) is 0.353. The van der Waals surface area contributed by atoms with Gasteiger partial charge in [0.1, 0.15) is 18.3 Å². The van der Waals surface area contributed by atoms with Crippen molar-refractivity contribution in [2.75, 3.05) is 20.1 Å². The van der Waals surface area contributed by atoms with Crippen molar-refractivity contribution in [2.45, 2.75) is 39.8 Å². The molecule has 0 fully saturated rings. The number of carbonyl (C=O) groups excluding carboxylic acids is 1. The van der Waals surface area contributed by atoms with E-state index >= 15 is 0 Å². The minimum atomic E-state index is -0.117. The topological polar surface area (TPSA) is 67.4 Å². The van der Waals surface area contributed by atoms with Gasteiger partial charge in [-0.1, -0.05) is 31.5 Å². The molecular weight excluding hydrogens is 437 g/mol. The van der Waals surface area contributed by atoms with E-state index in [1.807, 2.05) is 16.7 Å². The first-order valence-corrected chi connectivity index (χ1v) is 10.7. The molecule has 0 spiro atoms. The van der Waals surface area contributed by atoms with Crippen LogP contribution in [0.4, 0.5) is 0 Å². The predicted molar refractivity (Wildman–Crippen MR) is 123 cm³/mol. The second-order valence-corrected chi connectivity index (χ2v) is 8.03. The molecule has 1 aliphatic heterocycles. The lowest BCUT2D eigenvalue weighted by Crippen LogP contribution is -2.25. The van der Waals surface area contributed by atoms with Gasteiger partial charge in [0.05, 0.1) is 34.2 Å². The van der Waals surface area contributed by atoms with Crippen LogP contribution in [0.3, 0.4) is 0 Å². The summed E-state index contributed by atoms with van der Waals surface area (Å²) in [7, 11) is 1.76. The smallest absolute Gasteiger partial charge is 0.257 e. The van der Waals surface area contributed by atoms with Crippen LogP contribution in [-0.2, 0) is 13.1 Å². The highest BCUT2D eigenvalue weighted by Crippen LogP contribution is 2.33. The summed E-state index contributed by atoms with van der Waals surface area (Å²) >= 11 is 6.35. The maximum atomic E-state index is 12.9. The van der Waals surface area contributed by atoms with Crippen molar-refractivity contribution in [1.29, 1.82) is 0 Å².